The lowest BCUT2D eigenvalue weighted by Crippen LogP contribution is -2.54. The van der Waals surface area contributed by atoms with Gasteiger partial charge in [0, 0.05) is 49.0 Å². The number of benzene rings is 2. The molecule has 3 aromatic rings. The maximum atomic E-state index is 14.2. The molecule has 1 aliphatic rings. The zero-order chi connectivity index (χ0) is 29.8. The van der Waals surface area contributed by atoms with Gasteiger partial charge in [-0.2, -0.15) is 4.31 Å². The molecule has 0 saturated carbocycles. The Labute approximate surface area is 250 Å². The molecule has 1 saturated heterocycles. The normalized spacial score (nSPS) is 19.0. The van der Waals surface area contributed by atoms with Crippen molar-refractivity contribution < 1.29 is 13.2 Å². The van der Waals surface area contributed by atoms with Gasteiger partial charge < -0.3 is 4.90 Å². The molecule has 0 bridgehead atoms. The number of halogens is 1. The average molecular weight is 596 g/mol. The summed E-state index contributed by atoms with van der Waals surface area (Å²) in [6.45, 7) is 10.5. The highest BCUT2D eigenvalue weighted by Crippen LogP contribution is 2.35. The maximum absolute atomic E-state index is 14.2. The van der Waals surface area contributed by atoms with Crippen molar-refractivity contribution in [2.45, 2.75) is 58.4 Å². The summed E-state index contributed by atoms with van der Waals surface area (Å²) in [4.78, 5) is 20.6. The van der Waals surface area contributed by atoms with Crippen molar-refractivity contribution in [3.05, 3.63) is 88.7 Å². The van der Waals surface area contributed by atoms with Gasteiger partial charge in [0.05, 0.1) is 11.7 Å². The van der Waals surface area contributed by atoms with Crippen molar-refractivity contribution in [3.63, 3.8) is 0 Å². The number of pyridine rings is 1. The molecule has 6 nitrogen and oxygen atoms in total. The van der Waals surface area contributed by atoms with Gasteiger partial charge in [0.1, 0.15) is 5.78 Å². The zero-order valence-electron chi connectivity index (χ0n) is 24.8. The highest BCUT2D eigenvalue weighted by atomic mass is 35.5. The van der Waals surface area contributed by atoms with Gasteiger partial charge in [-0.15, -0.1) is 0 Å². The van der Waals surface area contributed by atoms with Gasteiger partial charge in [0.15, 0.2) is 0 Å². The summed E-state index contributed by atoms with van der Waals surface area (Å²) >= 11 is 6.36. The van der Waals surface area contributed by atoms with Crippen LogP contribution in [-0.4, -0.2) is 66.9 Å². The van der Waals surface area contributed by atoms with Gasteiger partial charge >= 0.3 is 0 Å². The Morgan fingerprint density at radius 2 is 1.73 bits per heavy atom. The summed E-state index contributed by atoms with van der Waals surface area (Å²) in [5.74, 6) is 0.104. The third kappa shape index (κ3) is 7.63. The van der Waals surface area contributed by atoms with Crippen LogP contribution in [0.3, 0.4) is 0 Å². The van der Waals surface area contributed by atoms with Crippen molar-refractivity contribution in [2.75, 3.05) is 32.4 Å². The summed E-state index contributed by atoms with van der Waals surface area (Å²) in [6, 6.07) is 18.4. The third-order valence-electron chi connectivity index (χ3n) is 8.62. The van der Waals surface area contributed by atoms with Crippen molar-refractivity contribution in [3.8, 4) is 11.1 Å². The van der Waals surface area contributed by atoms with Gasteiger partial charge in [-0.3, -0.25) is 9.78 Å². The monoisotopic (exact) mass is 595 g/mol. The number of carbonyl (C=O) groups excluding carboxylic acids is 1. The van der Waals surface area contributed by atoms with Gasteiger partial charge in [-0.1, -0.05) is 54.9 Å². The Hall–Kier alpha value is -2.58. The van der Waals surface area contributed by atoms with E-state index in [4.69, 9.17) is 11.6 Å². The molecule has 1 fully saturated rings. The minimum Gasteiger partial charge on any atom is -0.300 e. The molecule has 8 heteroatoms. The van der Waals surface area contributed by atoms with Crippen LogP contribution in [0, 0.1) is 12.8 Å². The minimum atomic E-state index is -3.23. The number of carbonyl (C=O) groups is 1. The first-order chi connectivity index (χ1) is 19.4. The first kappa shape index (κ1) is 31.4. The van der Waals surface area contributed by atoms with Crippen LogP contribution in [0.4, 0.5) is 0 Å². The molecule has 0 spiro atoms. The molecule has 0 aliphatic carbocycles. The van der Waals surface area contributed by atoms with E-state index in [-0.39, 0.29) is 17.7 Å². The summed E-state index contributed by atoms with van der Waals surface area (Å²) in [6.07, 6.45) is 7.11. The summed E-state index contributed by atoms with van der Waals surface area (Å²) in [7, 11) is -3.23. The van der Waals surface area contributed by atoms with E-state index < -0.39 is 15.4 Å². The topological polar surface area (TPSA) is 70.6 Å². The van der Waals surface area contributed by atoms with Crippen LogP contribution >= 0.6 is 11.6 Å². The molecule has 220 valence electrons. The van der Waals surface area contributed by atoms with Crippen LogP contribution in [0.1, 0.15) is 50.3 Å². The zero-order valence-corrected chi connectivity index (χ0v) is 26.4. The maximum Gasteiger partial charge on any atom is 0.211 e. The standard InChI is InChI=1S/C33H42ClN3O3S/c1-24(6-7-27-8-10-28(11-9-27)29-14-17-35-18-15-29)32(38)33(4,30-12-13-31(34)25(2)22-30)16-19-36-20-21-37(26(3)23-36)41(5,39)40/h8-15,17-18,22,24,26H,6-7,16,19-21,23H2,1-5H3/t24?,26-,33?/m0/s1. The van der Waals surface area contributed by atoms with E-state index in [1.54, 1.807) is 16.7 Å². The second-order valence-electron chi connectivity index (χ2n) is 11.8. The molecule has 2 heterocycles. The van der Waals surface area contributed by atoms with Gasteiger partial charge in [-0.05, 0) is 92.6 Å². The molecule has 3 atom stereocenters. The SMILES string of the molecule is Cc1cc(C(C)(CCN2CCN(S(C)(=O)=O)[C@@H](C)C2)C(=O)C(C)CCc2ccc(-c3ccncc3)cc2)ccc1Cl. The third-order valence-corrected chi connectivity index (χ3v) is 10.4. The number of hydrogen-bond acceptors (Lipinski definition) is 5. The van der Waals surface area contributed by atoms with E-state index in [0.29, 0.717) is 31.1 Å². The Morgan fingerprint density at radius 1 is 1.07 bits per heavy atom. The van der Waals surface area contributed by atoms with Crippen molar-refractivity contribution in [1.82, 2.24) is 14.2 Å². The first-order valence-electron chi connectivity index (χ1n) is 14.4. The summed E-state index contributed by atoms with van der Waals surface area (Å²) < 4.78 is 25.8. The predicted molar refractivity (Wildman–Crippen MR) is 168 cm³/mol. The highest BCUT2D eigenvalue weighted by molar-refractivity contribution is 7.88. The van der Waals surface area contributed by atoms with E-state index in [2.05, 4.69) is 47.1 Å². The van der Waals surface area contributed by atoms with E-state index in [9.17, 15) is 13.2 Å². The number of aromatic nitrogens is 1. The second-order valence-corrected chi connectivity index (χ2v) is 14.1. The van der Waals surface area contributed by atoms with Crippen LogP contribution < -0.4 is 0 Å². The lowest BCUT2D eigenvalue weighted by molar-refractivity contribution is -0.128. The van der Waals surface area contributed by atoms with Gasteiger partial charge in [0.2, 0.25) is 10.0 Å². The molecule has 2 aromatic carbocycles. The molecule has 2 unspecified atom stereocenters. The second kappa shape index (κ2) is 13.2. The number of nitrogens with zero attached hydrogens (tertiary/aromatic N) is 3. The van der Waals surface area contributed by atoms with Crippen LogP contribution in [0.15, 0.2) is 67.0 Å². The molecular weight excluding hydrogens is 554 g/mol. The smallest absolute Gasteiger partial charge is 0.211 e. The van der Waals surface area contributed by atoms with E-state index in [1.807, 2.05) is 45.0 Å². The fraction of sp³-hybridized carbons (Fsp3) is 0.455. The van der Waals surface area contributed by atoms with Crippen LogP contribution in [0.2, 0.25) is 5.02 Å². The number of hydrogen-bond donors (Lipinski definition) is 0. The minimum absolute atomic E-state index is 0.0950. The lowest BCUT2D eigenvalue weighted by Gasteiger charge is -2.40. The molecule has 1 aliphatic heterocycles. The van der Waals surface area contributed by atoms with Crippen LogP contribution in [0.5, 0.6) is 0 Å². The number of Topliss-reactive ketones (excluding diaryl/α,β-unsaturated/α-hetero) is 1. The Kier molecular flexibility index (Phi) is 10.1. The fourth-order valence-electron chi connectivity index (χ4n) is 5.96. The largest absolute Gasteiger partial charge is 0.300 e. The van der Waals surface area contributed by atoms with Crippen molar-refractivity contribution in [2.24, 2.45) is 5.92 Å². The number of piperazine rings is 1. The van der Waals surface area contributed by atoms with E-state index in [0.717, 1.165) is 41.6 Å². The lowest BCUT2D eigenvalue weighted by atomic mass is 9.71. The Morgan fingerprint density at radius 3 is 2.34 bits per heavy atom. The van der Waals surface area contributed by atoms with Crippen molar-refractivity contribution >= 4 is 27.4 Å². The fourth-order valence-corrected chi connectivity index (χ4v) is 7.21. The quantitative estimate of drug-likeness (QED) is 0.265. The summed E-state index contributed by atoms with van der Waals surface area (Å²) in [5, 5.41) is 0.692. The molecule has 0 N–H and O–H groups in total. The average Bonchev–Trinajstić information content (AvgIpc) is 2.95. The predicted octanol–water partition coefficient (Wildman–Crippen LogP) is 6.16. The van der Waals surface area contributed by atoms with Crippen LogP contribution in [-0.2, 0) is 26.7 Å². The van der Waals surface area contributed by atoms with Gasteiger partial charge in [-0.25, -0.2) is 8.42 Å². The van der Waals surface area contributed by atoms with Crippen LogP contribution in [0.25, 0.3) is 11.1 Å². The van der Waals surface area contributed by atoms with E-state index >= 15 is 0 Å². The molecule has 4 rings (SSSR count). The summed E-state index contributed by atoms with van der Waals surface area (Å²) in [5.41, 5.74) is 4.76. The molecular formula is C33H42ClN3O3S. The highest BCUT2D eigenvalue weighted by Gasteiger charge is 2.39. The Balaban J connectivity index is 1.46. The Bertz CT molecular complexity index is 1450. The number of ketones is 1. The number of sulfonamides is 1. The van der Waals surface area contributed by atoms with Crippen molar-refractivity contribution in [1.29, 1.82) is 0 Å². The number of aryl methyl sites for hydroxylation is 2. The molecule has 41 heavy (non-hydrogen) atoms. The molecule has 1 aromatic heterocycles. The first-order valence-corrected chi connectivity index (χ1v) is 16.6. The van der Waals surface area contributed by atoms with E-state index in [1.165, 1.54) is 11.8 Å². The number of rotatable bonds is 11. The van der Waals surface area contributed by atoms with Gasteiger partial charge in [0.25, 0.3) is 0 Å². The molecule has 0 radical (unpaired) electrons. The molecule has 0 amide bonds.